The quantitative estimate of drug-likeness (QED) is 0.710. The molecule has 2 aromatic rings. The van der Waals surface area contributed by atoms with Crippen LogP contribution in [0.1, 0.15) is 11.3 Å². The van der Waals surface area contributed by atoms with E-state index in [-0.39, 0.29) is 19.0 Å². The van der Waals surface area contributed by atoms with Gasteiger partial charge in [-0.25, -0.2) is 8.42 Å². The maximum absolute atomic E-state index is 12.1. The molecule has 2 rings (SSSR count). The van der Waals surface area contributed by atoms with Crippen molar-refractivity contribution in [2.75, 3.05) is 26.5 Å². The molecule has 0 aliphatic heterocycles. The van der Waals surface area contributed by atoms with Crippen molar-refractivity contribution in [3.05, 3.63) is 59.9 Å². The predicted octanol–water partition coefficient (Wildman–Crippen LogP) is 1.21. The fourth-order valence-electron chi connectivity index (χ4n) is 2.32. The molecule has 26 heavy (non-hydrogen) atoms. The normalized spacial score (nSPS) is 11.3. The first-order chi connectivity index (χ1) is 12.4. The molecule has 7 nitrogen and oxygen atoms in total. The van der Waals surface area contributed by atoms with E-state index in [0.29, 0.717) is 18.7 Å². The van der Waals surface area contributed by atoms with Crippen LogP contribution in [0, 0.1) is 0 Å². The number of rotatable bonds is 9. The molecule has 8 heteroatoms. The number of amides is 1. The average Bonchev–Trinajstić information content (AvgIpc) is 2.62. The minimum Gasteiger partial charge on any atom is -0.497 e. The lowest BCUT2D eigenvalue weighted by Gasteiger charge is -2.19. The molecule has 0 saturated carbocycles. The molecule has 0 atom stereocenters. The first kappa shape index (κ1) is 19.9. The van der Waals surface area contributed by atoms with Gasteiger partial charge in [0.1, 0.15) is 5.75 Å². The molecule has 0 spiro atoms. The number of hydrogen-bond donors (Lipinski definition) is 1. The zero-order valence-corrected chi connectivity index (χ0v) is 15.7. The maximum atomic E-state index is 12.1. The Morgan fingerprint density at radius 2 is 1.92 bits per heavy atom. The third kappa shape index (κ3) is 6.45. The molecular formula is C18H23N3O4S. The van der Waals surface area contributed by atoms with Crippen molar-refractivity contribution in [3.63, 3.8) is 0 Å². The number of nitrogens with zero attached hydrogens (tertiary/aromatic N) is 2. The fourth-order valence-corrected chi connectivity index (χ4v) is 3.04. The van der Waals surface area contributed by atoms with E-state index in [1.54, 1.807) is 31.5 Å². The first-order valence-electron chi connectivity index (χ1n) is 8.13. The van der Waals surface area contributed by atoms with Gasteiger partial charge >= 0.3 is 0 Å². The van der Waals surface area contributed by atoms with Gasteiger partial charge in [0.25, 0.3) is 0 Å². The average molecular weight is 377 g/mol. The SMILES string of the molecule is COc1ccc(CCNC(=O)CN(Cc2ccccn2)S(C)(=O)=O)cc1. The Bertz CT molecular complexity index is 808. The smallest absolute Gasteiger partial charge is 0.235 e. The lowest BCUT2D eigenvalue weighted by atomic mass is 10.1. The molecular weight excluding hydrogens is 354 g/mol. The molecule has 1 amide bonds. The van der Waals surface area contributed by atoms with Crippen LogP contribution in [0.2, 0.25) is 0 Å². The van der Waals surface area contributed by atoms with Gasteiger partial charge in [0.15, 0.2) is 0 Å². The Morgan fingerprint density at radius 3 is 2.50 bits per heavy atom. The number of aromatic nitrogens is 1. The number of sulfonamides is 1. The summed E-state index contributed by atoms with van der Waals surface area (Å²) in [5.74, 6) is 0.427. The minimum absolute atomic E-state index is 0.0611. The molecule has 0 unspecified atom stereocenters. The highest BCUT2D eigenvalue weighted by molar-refractivity contribution is 7.88. The van der Waals surface area contributed by atoms with Gasteiger partial charge in [-0.2, -0.15) is 4.31 Å². The van der Waals surface area contributed by atoms with Crippen molar-refractivity contribution in [2.45, 2.75) is 13.0 Å². The zero-order valence-electron chi connectivity index (χ0n) is 14.9. The summed E-state index contributed by atoms with van der Waals surface area (Å²) < 4.78 is 30.1. The second kappa shape index (κ2) is 9.30. The van der Waals surface area contributed by atoms with Gasteiger partial charge in [-0.1, -0.05) is 18.2 Å². The van der Waals surface area contributed by atoms with Crippen molar-refractivity contribution in [3.8, 4) is 5.75 Å². The molecule has 1 heterocycles. The Kier molecular flexibility index (Phi) is 7.11. The Hall–Kier alpha value is -2.45. The number of methoxy groups -OCH3 is 1. The van der Waals surface area contributed by atoms with Gasteiger partial charge in [0, 0.05) is 12.7 Å². The van der Waals surface area contributed by atoms with E-state index in [4.69, 9.17) is 4.74 Å². The topological polar surface area (TPSA) is 88.6 Å². The Balaban J connectivity index is 1.86. The van der Waals surface area contributed by atoms with Crippen molar-refractivity contribution in [1.82, 2.24) is 14.6 Å². The van der Waals surface area contributed by atoms with E-state index >= 15 is 0 Å². The predicted molar refractivity (Wildman–Crippen MR) is 99.2 cm³/mol. The monoisotopic (exact) mass is 377 g/mol. The molecule has 1 aromatic carbocycles. The summed E-state index contributed by atoms with van der Waals surface area (Å²) in [6.45, 7) is 0.246. The van der Waals surface area contributed by atoms with Gasteiger partial charge in [0.05, 0.1) is 32.1 Å². The second-order valence-corrected chi connectivity index (χ2v) is 7.78. The highest BCUT2D eigenvalue weighted by Crippen LogP contribution is 2.11. The van der Waals surface area contributed by atoms with Crippen molar-refractivity contribution >= 4 is 15.9 Å². The number of carbonyl (C=O) groups is 1. The Labute approximate surface area is 154 Å². The van der Waals surface area contributed by atoms with Crippen LogP contribution in [0.25, 0.3) is 0 Å². The van der Waals surface area contributed by atoms with E-state index in [9.17, 15) is 13.2 Å². The number of nitrogens with one attached hydrogen (secondary N) is 1. The largest absolute Gasteiger partial charge is 0.497 e. The van der Waals surface area contributed by atoms with Crippen molar-refractivity contribution < 1.29 is 17.9 Å². The van der Waals surface area contributed by atoms with Crippen molar-refractivity contribution in [1.29, 1.82) is 0 Å². The Morgan fingerprint density at radius 1 is 1.19 bits per heavy atom. The van der Waals surface area contributed by atoms with Gasteiger partial charge in [0.2, 0.25) is 15.9 Å². The van der Waals surface area contributed by atoms with E-state index < -0.39 is 10.0 Å². The number of ether oxygens (including phenoxy) is 1. The standard InChI is InChI=1S/C18H23N3O4S/c1-25-17-8-6-15(7-9-17)10-12-20-18(22)14-21(26(2,23)24)13-16-5-3-4-11-19-16/h3-9,11H,10,12-14H2,1-2H3,(H,20,22). The summed E-state index contributed by atoms with van der Waals surface area (Å²) in [6.07, 6.45) is 3.32. The molecule has 1 aromatic heterocycles. The lowest BCUT2D eigenvalue weighted by Crippen LogP contribution is -2.40. The lowest BCUT2D eigenvalue weighted by molar-refractivity contribution is -0.121. The van der Waals surface area contributed by atoms with Gasteiger partial charge in [-0.15, -0.1) is 0 Å². The molecule has 0 saturated heterocycles. The van der Waals surface area contributed by atoms with E-state index in [1.165, 1.54) is 0 Å². The summed E-state index contributed by atoms with van der Waals surface area (Å²) in [5, 5.41) is 2.75. The highest BCUT2D eigenvalue weighted by Gasteiger charge is 2.20. The fraction of sp³-hybridized carbons (Fsp3) is 0.333. The van der Waals surface area contributed by atoms with Crippen molar-refractivity contribution in [2.24, 2.45) is 0 Å². The molecule has 0 radical (unpaired) electrons. The number of carbonyl (C=O) groups excluding carboxylic acids is 1. The maximum Gasteiger partial charge on any atom is 0.235 e. The molecule has 0 fully saturated rings. The van der Waals surface area contributed by atoms with Crippen LogP contribution in [0.5, 0.6) is 5.75 Å². The van der Waals surface area contributed by atoms with Crippen LogP contribution in [0.3, 0.4) is 0 Å². The van der Waals surface area contributed by atoms with E-state index in [1.807, 2.05) is 24.3 Å². The van der Waals surface area contributed by atoms with E-state index in [0.717, 1.165) is 21.9 Å². The van der Waals surface area contributed by atoms with Crippen LogP contribution in [-0.2, 0) is 27.8 Å². The zero-order chi connectivity index (χ0) is 19.0. The summed E-state index contributed by atoms with van der Waals surface area (Å²) in [4.78, 5) is 16.2. The summed E-state index contributed by atoms with van der Waals surface area (Å²) >= 11 is 0. The molecule has 140 valence electrons. The molecule has 0 aliphatic carbocycles. The van der Waals surface area contributed by atoms with Gasteiger partial charge in [-0.3, -0.25) is 9.78 Å². The summed E-state index contributed by atoms with van der Waals surface area (Å²) in [5.41, 5.74) is 1.64. The van der Waals surface area contributed by atoms with Crippen LogP contribution < -0.4 is 10.1 Å². The number of benzene rings is 1. The van der Waals surface area contributed by atoms with Crippen LogP contribution >= 0.6 is 0 Å². The van der Waals surface area contributed by atoms with Crippen LogP contribution in [-0.4, -0.2) is 50.1 Å². The molecule has 1 N–H and O–H groups in total. The van der Waals surface area contributed by atoms with Gasteiger partial charge < -0.3 is 10.1 Å². The second-order valence-electron chi connectivity index (χ2n) is 5.80. The van der Waals surface area contributed by atoms with E-state index in [2.05, 4.69) is 10.3 Å². The third-order valence-electron chi connectivity index (χ3n) is 3.75. The van der Waals surface area contributed by atoms with Crippen LogP contribution in [0.15, 0.2) is 48.7 Å². The summed E-state index contributed by atoms with van der Waals surface area (Å²) in [6, 6.07) is 12.8. The minimum atomic E-state index is -3.52. The summed E-state index contributed by atoms with van der Waals surface area (Å²) in [7, 11) is -1.92. The molecule has 0 aliphatic rings. The number of hydrogen-bond acceptors (Lipinski definition) is 5. The highest BCUT2D eigenvalue weighted by atomic mass is 32.2. The first-order valence-corrected chi connectivity index (χ1v) is 9.98. The number of pyridine rings is 1. The van der Waals surface area contributed by atoms with Crippen LogP contribution in [0.4, 0.5) is 0 Å². The van der Waals surface area contributed by atoms with Gasteiger partial charge in [-0.05, 0) is 36.2 Å². The third-order valence-corrected chi connectivity index (χ3v) is 4.94. The molecule has 0 bridgehead atoms.